The number of nitrogens with one attached hydrogen (secondary N) is 2. The highest BCUT2D eigenvalue weighted by atomic mass is 35.5. The van der Waals surface area contributed by atoms with E-state index in [9.17, 15) is 0 Å². The van der Waals surface area contributed by atoms with E-state index >= 15 is 0 Å². The van der Waals surface area contributed by atoms with Crippen molar-refractivity contribution in [1.82, 2.24) is 10.6 Å². The topological polar surface area (TPSA) is 48.4 Å². The van der Waals surface area contributed by atoms with Gasteiger partial charge in [0.05, 0.1) is 6.54 Å². The predicted molar refractivity (Wildman–Crippen MR) is 34.2 cm³/mol. The Morgan fingerprint density at radius 1 is 1.89 bits per heavy atom. The number of rotatable bonds is 2. The van der Waals surface area contributed by atoms with Crippen LogP contribution in [-0.2, 0) is 4.84 Å². The standard InChI is InChI=1S/C4H8ClN3O/c5-1-2-8-3-4(6)9-7-8/h6-7H,1-3H2. The van der Waals surface area contributed by atoms with E-state index in [1.165, 1.54) is 0 Å². The van der Waals surface area contributed by atoms with Crippen LogP contribution in [0.2, 0.25) is 0 Å². The van der Waals surface area contributed by atoms with Crippen LogP contribution in [0, 0.1) is 5.41 Å². The minimum Gasteiger partial charge on any atom is -0.377 e. The van der Waals surface area contributed by atoms with Crippen molar-refractivity contribution in [3.63, 3.8) is 0 Å². The summed E-state index contributed by atoms with van der Waals surface area (Å²) < 4.78 is 0. The molecule has 1 aliphatic heterocycles. The molecule has 0 aromatic heterocycles. The van der Waals surface area contributed by atoms with Gasteiger partial charge in [-0.3, -0.25) is 5.41 Å². The van der Waals surface area contributed by atoms with Crippen molar-refractivity contribution in [3.05, 3.63) is 0 Å². The normalized spacial score (nSPS) is 20.3. The Labute approximate surface area is 58.2 Å². The second-order valence-corrected chi connectivity index (χ2v) is 2.11. The molecule has 2 N–H and O–H groups in total. The predicted octanol–water partition coefficient (Wildman–Crippen LogP) is -0.0457. The van der Waals surface area contributed by atoms with Gasteiger partial charge in [0.1, 0.15) is 0 Å². The summed E-state index contributed by atoms with van der Waals surface area (Å²) in [6.45, 7) is 1.21. The van der Waals surface area contributed by atoms with Gasteiger partial charge >= 0.3 is 0 Å². The molecule has 1 rings (SSSR count). The average Bonchev–Trinajstić information content (AvgIpc) is 2.17. The van der Waals surface area contributed by atoms with Crippen LogP contribution in [0.1, 0.15) is 0 Å². The van der Waals surface area contributed by atoms with Crippen LogP contribution in [0.5, 0.6) is 0 Å². The molecule has 0 saturated carbocycles. The lowest BCUT2D eigenvalue weighted by molar-refractivity contribution is 0.0600. The van der Waals surface area contributed by atoms with Gasteiger partial charge in [0, 0.05) is 12.4 Å². The summed E-state index contributed by atoms with van der Waals surface area (Å²) in [6, 6.07) is 0. The van der Waals surface area contributed by atoms with Crippen LogP contribution >= 0.6 is 11.6 Å². The quantitative estimate of drug-likeness (QED) is 0.542. The summed E-state index contributed by atoms with van der Waals surface area (Å²) >= 11 is 5.42. The molecule has 0 aliphatic carbocycles. The van der Waals surface area contributed by atoms with Crippen LogP contribution < -0.4 is 5.59 Å². The zero-order valence-corrected chi connectivity index (χ0v) is 5.61. The van der Waals surface area contributed by atoms with Crippen molar-refractivity contribution >= 4 is 17.5 Å². The lowest BCUT2D eigenvalue weighted by Crippen LogP contribution is -2.31. The highest BCUT2D eigenvalue weighted by Crippen LogP contribution is 1.93. The van der Waals surface area contributed by atoms with E-state index in [0.717, 1.165) is 0 Å². The zero-order chi connectivity index (χ0) is 6.69. The molecule has 0 unspecified atom stereocenters. The maximum Gasteiger partial charge on any atom is 0.224 e. The SMILES string of the molecule is N=C1CN(CCCl)NO1. The molecular formula is C4H8ClN3O. The molecular weight excluding hydrogens is 142 g/mol. The monoisotopic (exact) mass is 149 g/mol. The molecule has 0 radical (unpaired) electrons. The Balaban J connectivity index is 2.22. The second kappa shape index (κ2) is 3.00. The van der Waals surface area contributed by atoms with Crippen LogP contribution in [0.3, 0.4) is 0 Å². The molecule has 0 aromatic rings. The maximum atomic E-state index is 6.99. The maximum absolute atomic E-state index is 6.99. The highest BCUT2D eigenvalue weighted by Gasteiger charge is 2.15. The third-order valence-corrected chi connectivity index (χ3v) is 1.16. The summed E-state index contributed by atoms with van der Waals surface area (Å²) in [5.74, 6) is 0.781. The number of hydrazine groups is 1. The van der Waals surface area contributed by atoms with Crippen molar-refractivity contribution in [3.8, 4) is 0 Å². The average molecular weight is 150 g/mol. The van der Waals surface area contributed by atoms with E-state index in [2.05, 4.69) is 10.4 Å². The van der Waals surface area contributed by atoms with Gasteiger partial charge in [0.25, 0.3) is 0 Å². The van der Waals surface area contributed by atoms with Gasteiger partial charge in [-0.05, 0) is 0 Å². The number of nitrogens with zero attached hydrogens (tertiary/aromatic N) is 1. The van der Waals surface area contributed by atoms with E-state index in [-0.39, 0.29) is 5.90 Å². The van der Waals surface area contributed by atoms with E-state index < -0.39 is 0 Å². The first-order valence-corrected chi connectivity index (χ1v) is 3.17. The van der Waals surface area contributed by atoms with E-state index in [1.807, 2.05) is 0 Å². The molecule has 1 heterocycles. The van der Waals surface area contributed by atoms with Gasteiger partial charge in [-0.25, -0.2) is 5.01 Å². The molecule has 0 spiro atoms. The lowest BCUT2D eigenvalue weighted by atomic mass is 10.6. The highest BCUT2D eigenvalue weighted by molar-refractivity contribution is 6.18. The van der Waals surface area contributed by atoms with Crippen LogP contribution in [-0.4, -0.2) is 29.9 Å². The van der Waals surface area contributed by atoms with E-state index in [1.54, 1.807) is 5.01 Å². The number of hydrogen-bond acceptors (Lipinski definition) is 4. The third-order valence-electron chi connectivity index (χ3n) is 0.987. The molecule has 52 valence electrons. The second-order valence-electron chi connectivity index (χ2n) is 1.73. The summed E-state index contributed by atoms with van der Waals surface area (Å²) in [7, 11) is 0. The molecule has 0 aromatic carbocycles. The molecule has 1 fully saturated rings. The number of halogens is 1. The van der Waals surface area contributed by atoms with Crippen molar-refractivity contribution < 1.29 is 4.84 Å². The molecule has 4 nitrogen and oxygen atoms in total. The Morgan fingerprint density at radius 2 is 2.67 bits per heavy atom. The molecule has 0 bridgehead atoms. The summed E-state index contributed by atoms with van der Waals surface area (Å²) in [5, 5.41) is 8.72. The first-order chi connectivity index (χ1) is 4.33. The first-order valence-electron chi connectivity index (χ1n) is 2.64. The molecule has 0 amide bonds. The Kier molecular flexibility index (Phi) is 2.27. The van der Waals surface area contributed by atoms with Crippen molar-refractivity contribution in [2.24, 2.45) is 0 Å². The Morgan fingerprint density at radius 3 is 3.11 bits per heavy atom. The van der Waals surface area contributed by atoms with Gasteiger partial charge in [-0.1, -0.05) is 5.59 Å². The van der Waals surface area contributed by atoms with Gasteiger partial charge < -0.3 is 4.84 Å². The zero-order valence-electron chi connectivity index (χ0n) is 4.85. The molecule has 0 atom stereocenters. The van der Waals surface area contributed by atoms with E-state index in [0.29, 0.717) is 19.0 Å². The van der Waals surface area contributed by atoms with Crippen molar-refractivity contribution in [2.45, 2.75) is 0 Å². The Hall–Kier alpha value is -0.320. The minimum absolute atomic E-state index is 0.236. The number of hydrogen-bond donors (Lipinski definition) is 2. The fraction of sp³-hybridized carbons (Fsp3) is 0.750. The molecule has 1 aliphatic rings. The third kappa shape index (κ3) is 1.82. The van der Waals surface area contributed by atoms with Gasteiger partial charge in [0.2, 0.25) is 5.90 Å². The number of alkyl halides is 1. The smallest absolute Gasteiger partial charge is 0.224 e. The largest absolute Gasteiger partial charge is 0.377 e. The summed E-state index contributed by atoms with van der Waals surface area (Å²) in [6.07, 6.45) is 0. The lowest BCUT2D eigenvalue weighted by Gasteiger charge is -2.07. The minimum atomic E-state index is 0.236. The molecule has 1 saturated heterocycles. The van der Waals surface area contributed by atoms with E-state index in [4.69, 9.17) is 17.0 Å². The van der Waals surface area contributed by atoms with Gasteiger partial charge in [-0.2, -0.15) is 0 Å². The van der Waals surface area contributed by atoms with Crippen LogP contribution in [0.4, 0.5) is 0 Å². The van der Waals surface area contributed by atoms with Gasteiger partial charge in [0.15, 0.2) is 0 Å². The summed E-state index contributed by atoms with van der Waals surface area (Å²) in [5.41, 5.74) is 2.53. The van der Waals surface area contributed by atoms with Crippen LogP contribution in [0.25, 0.3) is 0 Å². The van der Waals surface area contributed by atoms with Crippen molar-refractivity contribution in [1.29, 1.82) is 5.41 Å². The Bertz CT molecular complexity index is 118. The first kappa shape index (κ1) is 6.80. The summed E-state index contributed by atoms with van der Waals surface area (Å²) in [4.78, 5) is 4.62. The fourth-order valence-electron chi connectivity index (χ4n) is 0.584. The van der Waals surface area contributed by atoms with Gasteiger partial charge in [-0.15, -0.1) is 11.6 Å². The molecule has 5 heteroatoms. The molecule has 9 heavy (non-hydrogen) atoms. The van der Waals surface area contributed by atoms with Crippen molar-refractivity contribution in [2.75, 3.05) is 19.0 Å². The fourth-order valence-corrected chi connectivity index (χ4v) is 0.788. The van der Waals surface area contributed by atoms with Crippen LogP contribution in [0.15, 0.2) is 0 Å².